The van der Waals surface area contributed by atoms with E-state index in [-0.39, 0.29) is 29.7 Å². The lowest BCUT2D eigenvalue weighted by Crippen LogP contribution is -2.50. The molecule has 33 heavy (non-hydrogen) atoms. The van der Waals surface area contributed by atoms with Gasteiger partial charge in [-0.2, -0.15) is 0 Å². The third kappa shape index (κ3) is 7.68. The first-order valence-corrected chi connectivity index (χ1v) is 12.9. The molecule has 0 radical (unpaired) electrons. The Bertz CT molecular complexity index is 981. The van der Waals surface area contributed by atoms with Crippen LogP contribution < -0.4 is 5.32 Å². The fourth-order valence-electron chi connectivity index (χ4n) is 3.68. The molecular formula is C25H35N3O4S. The van der Waals surface area contributed by atoms with Gasteiger partial charge in [-0.15, -0.1) is 0 Å². The lowest BCUT2D eigenvalue weighted by molar-refractivity contribution is -0.140. The van der Waals surface area contributed by atoms with Gasteiger partial charge in [0.1, 0.15) is 6.04 Å². The second-order valence-electron chi connectivity index (χ2n) is 7.88. The molecule has 0 saturated heterocycles. The third-order valence-corrected chi connectivity index (χ3v) is 7.41. The lowest BCUT2D eigenvalue weighted by Gasteiger charge is -2.31. The summed E-state index contributed by atoms with van der Waals surface area (Å²) in [6.45, 7) is 4.88. The highest BCUT2D eigenvalue weighted by Gasteiger charge is 2.28. The molecule has 1 atom stereocenters. The number of sulfonamides is 1. The third-order valence-electron chi connectivity index (χ3n) is 5.54. The first kappa shape index (κ1) is 26.5. The number of nitrogens with one attached hydrogen (secondary N) is 1. The number of likely N-dealkylation sites (N-methyl/N-ethyl adjacent to an activating group) is 1. The molecule has 2 rings (SSSR count). The molecule has 8 heteroatoms. The van der Waals surface area contributed by atoms with E-state index in [1.807, 2.05) is 44.2 Å². The minimum Gasteiger partial charge on any atom is -0.355 e. The van der Waals surface area contributed by atoms with Crippen molar-refractivity contribution in [2.75, 3.05) is 26.7 Å². The van der Waals surface area contributed by atoms with Gasteiger partial charge in [-0.3, -0.25) is 9.59 Å². The largest absolute Gasteiger partial charge is 0.355 e. The molecule has 0 fully saturated rings. The lowest BCUT2D eigenvalue weighted by atomic mass is 10.1. The Kier molecular flexibility index (Phi) is 10.5. The SMILES string of the molecule is CCNC(=O)[C@@H](CC)N(CCc1ccccc1)C(=O)CCCN(C)S(=O)(=O)c1ccccc1. The quantitative estimate of drug-likeness (QED) is 0.484. The van der Waals surface area contributed by atoms with Crippen LogP contribution in [0.5, 0.6) is 0 Å². The molecule has 0 spiro atoms. The molecule has 0 aromatic heterocycles. The number of nitrogens with zero attached hydrogens (tertiary/aromatic N) is 2. The van der Waals surface area contributed by atoms with Gasteiger partial charge in [0, 0.05) is 33.1 Å². The number of rotatable bonds is 13. The fourth-order valence-corrected chi connectivity index (χ4v) is 4.91. The molecule has 2 amide bonds. The van der Waals surface area contributed by atoms with Crippen LogP contribution in [0.2, 0.25) is 0 Å². The molecule has 0 aliphatic heterocycles. The van der Waals surface area contributed by atoms with Gasteiger partial charge < -0.3 is 10.2 Å². The van der Waals surface area contributed by atoms with Crippen LogP contribution in [0, 0.1) is 0 Å². The molecule has 180 valence electrons. The van der Waals surface area contributed by atoms with Gasteiger partial charge in [-0.05, 0) is 43.9 Å². The first-order valence-electron chi connectivity index (χ1n) is 11.4. The van der Waals surface area contributed by atoms with Crippen LogP contribution in [0.1, 0.15) is 38.7 Å². The Hall–Kier alpha value is -2.71. The van der Waals surface area contributed by atoms with E-state index in [1.165, 1.54) is 11.4 Å². The summed E-state index contributed by atoms with van der Waals surface area (Å²) in [6, 6.07) is 17.5. The van der Waals surface area contributed by atoms with E-state index in [9.17, 15) is 18.0 Å². The second kappa shape index (κ2) is 13.1. The van der Waals surface area contributed by atoms with Crippen molar-refractivity contribution in [3.05, 3.63) is 66.2 Å². The topological polar surface area (TPSA) is 86.8 Å². The van der Waals surface area contributed by atoms with Crippen LogP contribution in [0.15, 0.2) is 65.6 Å². The highest BCUT2D eigenvalue weighted by molar-refractivity contribution is 7.89. The zero-order chi connectivity index (χ0) is 24.3. The second-order valence-corrected chi connectivity index (χ2v) is 9.93. The summed E-state index contributed by atoms with van der Waals surface area (Å²) in [5.74, 6) is -0.306. The standard InChI is InChI=1S/C25H35N3O4S/c1-4-23(25(30)26-5-2)28(20-18-21-13-8-6-9-14-21)24(29)17-12-19-27(3)33(31,32)22-15-10-7-11-16-22/h6-11,13-16,23H,4-5,12,17-20H2,1-3H3,(H,26,30)/t23-/m1/s1. The Morgan fingerprint density at radius 2 is 1.55 bits per heavy atom. The number of carbonyl (C=O) groups excluding carboxylic acids is 2. The molecule has 0 aliphatic rings. The normalized spacial score (nSPS) is 12.4. The Morgan fingerprint density at radius 1 is 0.939 bits per heavy atom. The summed E-state index contributed by atoms with van der Waals surface area (Å²) < 4.78 is 26.7. The summed E-state index contributed by atoms with van der Waals surface area (Å²) in [4.78, 5) is 27.6. The van der Waals surface area contributed by atoms with Gasteiger partial charge in [-0.25, -0.2) is 12.7 Å². The average Bonchev–Trinajstić information content (AvgIpc) is 2.82. The summed E-state index contributed by atoms with van der Waals surface area (Å²) >= 11 is 0. The van der Waals surface area contributed by atoms with Crippen molar-refractivity contribution in [1.29, 1.82) is 0 Å². The molecule has 7 nitrogen and oxygen atoms in total. The zero-order valence-corrected chi connectivity index (χ0v) is 20.6. The maximum absolute atomic E-state index is 13.2. The maximum Gasteiger partial charge on any atom is 0.242 e. The minimum absolute atomic E-state index is 0.144. The highest BCUT2D eigenvalue weighted by Crippen LogP contribution is 2.15. The molecule has 0 bridgehead atoms. The highest BCUT2D eigenvalue weighted by atomic mass is 32.2. The zero-order valence-electron chi connectivity index (χ0n) is 19.7. The molecule has 0 saturated carbocycles. The fraction of sp³-hybridized carbons (Fsp3) is 0.440. The minimum atomic E-state index is -3.60. The molecule has 0 heterocycles. The van der Waals surface area contributed by atoms with E-state index in [4.69, 9.17) is 0 Å². The van der Waals surface area contributed by atoms with Crippen LogP contribution in [0.25, 0.3) is 0 Å². The molecular weight excluding hydrogens is 438 g/mol. The Labute approximate surface area is 197 Å². The maximum atomic E-state index is 13.2. The summed E-state index contributed by atoms with van der Waals surface area (Å²) in [6.07, 6.45) is 1.69. The van der Waals surface area contributed by atoms with Gasteiger partial charge in [0.25, 0.3) is 0 Å². The summed E-state index contributed by atoms with van der Waals surface area (Å²) in [5, 5.41) is 2.82. The van der Waals surface area contributed by atoms with Crippen molar-refractivity contribution in [3.8, 4) is 0 Å². The monoisotopic (exact) mass is 473 g/mol. The van der Waals surface area contributed by atoms with Crippen molar-refractivity contribution >= 4 is 21.8 Å². The Balaban J connectivity index is 2.04. The van der Waals surface area contributed by atoms with E-state index < -0.39 is 16.1 Å². The van der Waals surface area contributed by atoms with Crippen LogP contribution >= 0.6 is 0 Å². The molecule has 2 aromatic rings. The van der Waals surface area contributed by atoms with E-state index >= 15 is 0 Å². The average molecular weight is 474 g/mol. The smallest absolute Gasteiger partial charge is 0.242 e. The number of hydrogen-bond acceptors (Lipinski definition) is 4. The van der Waals surface area contributed by atoms with E-state index in [1.54, 1.807) is 35.2 Å². The number of hydrogen-bond donors (Lipinski definition) is 1. The van der Waals surface area contributed by atoms with Gasteiger partial charge in [-0.1, -0.05) is 55.5 Å². The molecule has 2 aromatic carbocycles. The van der Waals surface area contributed by atoms with Gasteiger partial charge >= 0.3 is 0 Å². The van der Waals surface area contributed by atoms with Gasteiger partial charge in [0.05, 0.1) is 4.90 Å². The summed E-state index contributed by atoms with van der Waals surface area (Å²) in [7, 11) is -2.08. The number of amides is 2. The van der Waals surface area contributed by atoms with E-state index in [2.05, 4.69) is 5.32 Å². The predicted octanol–water partition coefficient (Wildman–Crippen LogP) is 3.07. The number of benzene rings is 2. The van der Waals surface area contributed by atoms with Gasteiger partial charge in [0.15, 0.2) is 0 Å². The van der Waals surface area contributed by atoms with Gasteiger partial charge in [0.2, 0.25) is 21.8 Å². The molecule has 0 aliphatic carbocycles. The van der Waals surface area contributed by atoms with Crippen LogP contribution in [0.3, 0.4) is 0 Å². The van der Waals surface area contributed by atoms with Crippen molar-refractivity contribution in [2.24, 2.45) is 0 Å². The van der Waals surface area contributed by atoms with Crippen molar-refractivity contribution in [2.45, 2.75) is 50.5 Å². The van der Waals surface area contributed by atoms with Crippen LogP contribution in [-0.4, -0.2) is 62.2 Å². The van der Waals surface area contributed by atoms with E-state index in [0.717, 1.165) is 5.56 Å². The number of carbonyl (C=O) groups is 2. The summed E-state index contributed by atoms with van der Waals surface area (Å²) in [5.41, 5.74) is 1.09. The van der Waals surface area contributed by atoms with Crippen molar-refractivity contribution in [3.63, 3.8) is 0 Å². The van der Waals surface area contributed by atoms with Crippen molar-refractivity contribution < 1.29 is 18.0 Å². The predicted molar refractivity (Wildman–Crippen MR) is 130 cm³/mol. The van der Waals surface area contributed by atoms with Crippen LogP contribution in [0.4, 0.5) is 0 Å². The van der Waals surface area contributed by atoms with E-state index in [0.29, 0.717) is 32.4 Å². The van der Waals surface area contributed by atoms with Crippen LogP contribution in [-0.2, 0) is 26.0 Å². The first-order chi connectivity index (χ1) is 15.8. The van der Waals surface area contributed by atoms with Crippen molar-refractivity contribution in [1.82, 2.24) is 14.5 Å². The molecule has 1 N–H and O–H groups in total. The Morgan fingerprint density at radius 3 is 2.12 bits per heavy atom. The molecule has 0 unspecified atom stereocenters.